The second kappa shape index (κ2) is 6.21. The van der Waals surface area contributed by atoms with Crippen LogP contribution in [0.1, 0.15) is 12.8 Å². The third-order valence-electron chi connectivity index (χ3n) is 1.61. The molecule has 0 fully saturated rings. The van der Waals surface area contributed by atoms with Crippen LogP contribution in [0, 0.1) is 5.92 Å². The molecule has 0 heterocycles. The average molecular weight is 220 g/mol. The van der Waals surface area contributed by atoms with Crippen LogP contribution in [0.4, 0.5) is 0 Å². The molecule has 1 amide bonds. The number of rotatable bonds is 7. The smallest absolute Gasteiger partial charge is 0.411 e. The van der Waals surface area contributed by atoms with Crippen molar-refractivity contribution in [3.05, 3.63) is 0 Å². The summed E-state index contributed by atoms with van der Waals surface area (Å²) in [4.78, 5) is 31.0. The van der Waals surface area contributed by atoms with Crippen molar-refractivity contribution < 1.29 is 24.1 Å². The number of carbonyl (C=O) groups is 3. The molecule has 6 nitrogen and oxygen atoms in total. The quantitative estimate of drug-likeness (QED) is 0.461. The maximum absolute atomic E-state index is 10.7. The summed E-state index contributed by atoms with van der Waals surface area (Å²) < 4.78 is 10.7. The van der Waals surface area contributed by atoms with E-state index in [1.165, 1.54) is 0 Å². The number of hydrogen-bond donors (Lipinski definition) is 2. The highest BCUT2D eigenvalue weighted by Gasteiger charge is 2.24. The fourth-order valence-corrected chi connectivity index (χ4v) is 1.56. The van der Waals surface area contributed by atoms with Gasteiger partial charge in [0.15, 0.2) is 6.16 Å². The molecular weight excluding hydrogens is 209 g/mol. The Hall–Kier alpha value is -1.29. The van der Waals surface area contributed by atoms with Crippen LogP contribution in [0.5, 0.6) is 0 Å². The first-order valence-electron chi connectivity index (χ1n) is 3.87. The van der Waals surface area contributed by atoms with Gasteiger partial charge in [-0.2, -0.15) is 0 Å². The van der Waals surface area contributed by atoms with Crippen LogP contribution in [0.2, 0.25) is 0 Å². The van der Waals surface area contributed by atoms with Crippen LogP contribution in [0.25, 0.3) is 0 Å². The van der Waals surface area contributed by atoms with E-state index in [1.807, 2.05) is 0 Å². The van der Waals surface area contributed by atoms with Crippen molar-refractivity contribution in [2.75, 3.05) is 6.16 Å². The fraction of sp³-hybridized carbons (Fsp3) is 0.571. The lowest BCUT2D eigenvalue weighted by Gasteiger charge is -2.05. The van der Waals surface area contributed by atoms with Crippen molar-refractivity contribution in [3.8, 4) is 0 Å². The monoisotopic (exact) mass is 220 g/mol. The molecule has 78 valence electrons. The number of primary amides is 1. The van der Waals surface area contributed by atoms with Gasteiger partial charge in [-0.1, -0.05) is 4.57 Å². The summed E-state index contributed by atoms with van der Waals surface area (Å²) in [6, 6.07) is 0.276. The molecule has 14 heavy (non-hydrogen) atoms. The van der Waals surface area contributed by atoms with Crippen LogP contribution in [0.3, 0.4) is 0 Å². The van der Waals surface area contributed by atoms with Crippen molar-refractivity contribution in [3.63, 3.8) is 0 Å². The van der Waals surface area contributed by atoms with E-state index in [-0.39, 0.29) is 25.0 Å². The Balaban J connectivity index is 4.10. The van der Waals surface area contributed by atoms with E-state index < -0.39 is 25.6 Å². The molecule has 3 N–H and O–H groups in total. The van der Waals surface area contributed by atoms with Crippen molar-refractivity contribution >= 4 is 25.7 Å². The number of hydrogen-bond acceptors (Lipinski definition) is 4. The van der Waals surface area contributed by atoms with Crippen molar-refractivity contribution in [1.29, 1.82) is 0 Å². The van der Waals surface area contributed by atoms with E-state index in [1.54, 1.807) is 0 Å². The molecule has 2 unspecified atom stereocenters. The van der Waals surface area contributed by atoms with Gasteiger partial charge in [0.25, 0.3) is 0 Å². The molecule has 0 radical (unpaired) electrons. The summed E-state index contributed by atoms with van der Waals surface area (Å²) in [7, 11) is -2.01. The SMILES string of the molecule is NC(=O)CC(CC[P+](=O)C=O)C(=O)O. The maximum Gasteiger partial charge on any atom is 0.411 e. The zero-order chi connectivity index (χ0) is 11.1. The zero-order valence-corrected chi connectivity index (χ0v) is 8.28. The number of carbonyl (C=O) groups excluding carboxylic acids is 2. The Morgan fingerprint density at radius 1 is 1.50 bits per heavy atom. The molecule has 0 aromatic carbocycles. The number of aliphatic carboxylic acids is 1. The molecule has 0 saturated heterocycles. The normalized spacial score (nSPS) is 13.0. The molecule has 0 aliphatic carbocycles. The number of nitrogens with two attached hydrogens (primary N) is 1. The van der Waals surface area contributed by atoms with Crippen LogP contribution < -0.4 is 5.73 Å². The van der Waals surface area contributed by atoms with E-state index in [2.05, 4.69) is 0 Å². The molecule has 0 bridgehead atoms. The molecule has 7 heteroatoms. The van der Waals surface area contributed by atoms with Crippen LogP contribution >= 0.6 is 7.80 Å². The van der Waals surface area contributed by atoms with Crippen LogP contribution in [0.15, 0.2) is 0 Å². The zero-order valence-electron chi connectivity index (χ0n) is 7.38. The molecule has 0 spiro atoms. The molecule has 0 aromatic heterocycles. The first-order valence-corrected chi connectivity index (χ1v) is 5.39. The van der Waals surface area contributed by atoms with E-state index in [4.69, 9.17) is 10.8 Å². The van der Waals surface area contributed by atoms with Gasteiger partial charge in [-0.05, 0) is 0 Å². The molecule has 0 saturated carbocycles. The first kappa shape index (κ1) is 12.7. The predicted octanol–water partition coefficient (Wildman–Crippen LogP) is -0.0297. The highest BCUT2D eigenvalue weighted by Crippen LogP contribution is 2.21. The summed E-state index contributed by atoms with van der Waals surface area (Å²) in [6.45, 7) is 0. The molecule has 0 aromatic rings. The molecule has 0 aliphatic rings. The summed E-state index contributed by atoms with van der Waals surface area (Å²) in [6.07, 6.45) is -0.299. The Morgan fingerprint density at radius 3 is 2.43 bits per heavy atom. The summed E-state index contributed by atoms with van der Waals surface area (Å²) in [5.41, 5.74) is 4.83. The van der Waals surface area contributed by atoms with Gasteiger partial charge >= 0.3 is 19.8 Å². The summed E-state index contributed by atoms with van der Waals surface area (Å²) in [5.74, 6) is -2.84. The van der Waals surface area contributed by atoms with E-state index >= 15 is 0 Å². The van der Waals surface area contributed by atoms with Gasteiger partial charge in [0.05, 0.1) is 5.92 Å². The van der Waals surface area contributed by atoms with Gasteiger partial charge < -0.3 is 10.8 Å². The standard InChI is InChI=1S/C7H10NO5P/c8-6(10)3-5(7(11)12)1-2-14(13)4-9/h4-5H,1-3H2,(H2-,8,10,11,12)/p+1. The molecule has 0 rings (SSSR count). The van der Waals surface area contributed by atoms with E-state index in [0.29, 0.717) is 0 Å². The third kappa shape index (κ3) is 5.37. The van der Waals surface area contributed by atoms with Crippen molar-refractivity contribution in [2.24, 2.45) is 11.7 Å². The number of amides is 1. The van der Waals surface area contributed by atoms with Gasteiger partial charge in [-0.15, -0.1) is 0 Å². The Bertz CT molecular complexity index is 265. The highest BCUT2D eigenvalue weighted by atomic mass is 31.1. The van der Waals surface area contributed by atoms with Gasteiger partial charge in [-0.25, -0.2) is 4.79 Å². The lowest BCUT2D eigenvalue weighted by atomic mass is 10.0. The number of carboxylic acid groups (broad SMARTS) is 1. The topological polar surface area (TPSA) is 115 Å². The van der Waals surface area contributed by atoms with E-state index in [0.717, 1.165) is 0 Å². The lowest BCUT2D eigenvalue weighted by Crippen LogP contribution is -2.23. The Morgan fingerprint density at radius 2 is 2.07 bits per heavy atom. The minimum Gasteiger partial charge on any atom is -0.481 e. The minimum atomic E-state index is -2.01. The fourth-order valence-electron chi connectivity index (χ4n) is 0.891. The second-order valence-corrected chi connectivity index (χ2v) is 4.23. The lowest BCUT2D eigenvalue weighted by molar-refractivity contribution is -0.143. The Labute approximate surface area is 81.3 Å². The van der Waals surface area contributed by atoms with Crippen LogP contribution in [-0.4, -0.2) is 29.2 Å². The van der Waals surface area contributed by atoms with Crippen molar-refractivity contribution in [1.82, 2.24) is 0 Å². The predicted molar refractivity (Wildman–Crippen MR) is 48.8 cm³/mol. The Kier molecular flexibility index (Phi) is 5.64. The number of carboxylic acids is 1. The second-order valence-electron chi connectivity index (χ2n) is 2.74. The van der Waals surface area contributed by atoms with Crippen LogP contribution in [-0.2, 0) is 18.9 Å². The average Bonchev–Trinajstić information content (AvgIpc) is 2.10. The molecular formula is C7H11NO5P+. The van der Waals surface area contributed by atoms with Gasteiger partial charge in [0.1, 0.15) is 0 Å². The highest BCUT2D eigenvalue weighted by molar-refractivity contribution is 7.60. The molecule has 0 aliphatic heterocycles. The van der Waals surface area contributed by atoms with Crippen molar-refractivity contribution in [2.45, 2.75) is 12.8 Å². The van der Waals surface area contributed by atoms with Gasteiger partial charge in [0, 0.05) is 12.8 Å². The minimum absolute atomic E-state index is 0.0201. The summed E-state index contributed by atoms with van der Waals surface area (Å²) >= 11 is 0. The largest absolute Gasteiger partial charge is 0.481 e. The maximum atomic E-state index is 10.7. The first-order chi connectivity index (χ1) is 6.47. The third-order valence-corrected chi connectivity index (χ3v) is 2.55. The van der Waals surface area contributed by atoms with Gasteiger partial charge in [0.2, 0.25) is 5.91 Å². The summed E-state index contributed by atoms with van der Waals surface area (Å²) in [5, 5.41) is 8.62. The van der Waals surface area contributed by atoms with E-state index in [9.17, 15) is 18.9 Å². The van der Waals surface area contributed by atoms with Gasteiger partial charge in [-0.3, -0.25) is 9.59 Å². The molecule has 2 atom stereocenters.